The second kappa shape index (κ2) is 6.34. The first-order chi connectivity index (χ1) is 10.8. The third-order valence-corrected chi connectivity index (χ3v) is 4.90. The summed E-state index contributed by atoms with van der Waals surface area (Å²) in [5, 5.41) is 0. The first kappa shape index (κ1) is 17.5. The summed E-state index contributed by atoms with van der Waals surface area (Å²) >= 11 is 0. The second-order valence-corrected chi connectivity index (χ2v) is 6.95. The molecule has 126 valence electrons. The summed E-state index contributed by atoms with van der Waals surface area (Å²) in [6.07, 6.45) is 1.71. The summed E-state index contributed by atoms with van der Waals surface area (Å²) in [6, 6.07) is 2.19. The van der Waals surface area contributed by atoms with Gasteiger partial charge in [0.05, 0.1) is 14.2 Å². The Labute approximate surface area is 138 Å². The molecule has 0 atom stereocenters. The van der Waals surface area contributed by atoms with E-state index in [0.29, 0.717) is 18.8 Å². The standard InChI is InChI=1S/C19H26O4/c1-11(2)7-14-8-12(3)15-9-19(17(20)22-5,18(21)23-6)10-16(15)13(14)4/h8,11H,7,9-10H2,1-6H3. The van der Waals surface area contributed by atoms with E-state index in [9.17, 15) is 9.59 Å². The lowest BCUT2D eigenvalue weighted by atomic mass is 9.84. The van der Waals surface area contributed by atoms with E-state index >= 15 is 0 Å². The van der Waals surface area contributed by atoms with Gasteiger partial charge in [0.25, 0.3) is 0 Å². The van der Waals surface area contributed by atoms with E-state index in [4.69, 9.17) is 9.47 Å². The summed E-state index contributed by atoms with van der Waals surface area (Å²) in [5.41, 5.74) is 4.58. The number of hydrogen-bond donors (Lipinski definition) is 0. The first-order valence-corrected chi connectivity index (χ1v) is 8.04. The van der Waals surface area contributed by atoms with Crippen LogP contribution in [0.15, 0.2) is 6.07 Å². The van der Waals surface area contributed by atoms with Crippen molar-refractivity contribution in [1.29, 1.82) is 0 Å². The Hall–Kier alpha value is -1.84. The van der Waals surface area contributed by atoms with Crippen molar-refractivity contribution in [3.63, 3.8) is 0 Å². The molecule has 0 spiro atoms. The molecule has 1 aliphatic rings. The zero-order valence-corrected chi connectivity index (χ0v) is 14.9. The number of methoxy groups -OCH3 is 2. The van der Waals surface area contributed by atoms with Crippen molar-refractivity contribution in [2.45, 2.75) is 47.0 Å². The monoisotopic (exact) mass is 318 g/mol. The van der Waals surface area contributed by atoms with Gasteiger partial charge in [0.1, 0.15) is 0 Å². The van der Waals surface area contributed by atoms with Crippen LogP contribution in [0, 0.1) is 25.2 Å². The van der Waals surface area contributed by atoms with Gasteiger partial charge in [-0.1, -0.05) is 19.9 Å². The molecule has 0 amide bonds. The van der Waals surface area contributed by atoms with Crippen LogP contribution in [0.5, 0.6) is 0 Å². The normalized spacial score (nSPS) is 15.4. The first-order valence-electron chi connectivity index (χ1n) is 8.04. The van der Waals surface area contributed by atoms with Gasteiger partial charge in [0, 0.05) is 12.8 Å². The number of esters is 2. The van der Waals surface area contributed by atoms with Crippen LogP contribution in [0.3, 0.4) is 0 Å². The Balaban J connectivity index is 2.54. The highest BCUT2D eigenvalue weighted by molar-refractivity contribution is 6.01. The van der Waals surface area contributed by atoms with Gasteiger partial charge in [-0.3, -0.25) is 9.59 Å². The SMILES string of the molecule is COC(=O)C1(C(=O)OC)Cc2c(C)cc(CC(C)C)c(C)c2C1. The average Bonchev–Trinajstić information content (AvgIpc) is 2.93. The Kier molecular flexibility index (Phi) is 4.83. The number of carbonyl (C=O) groups is 2. The maximum atomic E-state index is 12.4. The highest BCUT2D eigenvalue weighted by Gasteiger charge is 2.53. The van der Waals surface area contributed by atoms with E-state index in [1.165, 1.54) is 25.3 Å². The number of fused-ring (bicyclic) bond motifs is 1. The van der Waals surface area contributed by atoms with Crippen molar-refractivity contribution in [3.05, 3.63) is 33.9 Å². The molecule has 0 saturated heterocycles. The lowest BCUT2D eigenvalue weighted by Crippen LogP contribution is -2.42. The molecule has 23 heavy (non-hydrogen) atoms. The summed E-state index contributed by atoms with van der Waals surface area (Å²) < 4.78 is 9.85. The van der Waals surface area contributed by atoms with E-state index in [1.54, 1.807) is 0 Å². The van der Waals surface area contributed by atoms with E-state index in [1.807, 2.05) is 6.92 Å². The van der Waals surface area contributed by atoms with Crippen LogP contribution in [0.2, 0.25) is 0 Å². The number of aryl methyl sites for hydroxylation is 1. The fourth-order valence-electron chi connectivity index (χ4n) is 3.68. The molecular weight excluding hydrogens is 292 g/mol. The number of ether oxygens (including phenoxy) is 2. The van der Waals surface area contributed by atoms with E-state index in [0.717, 1.165) is 23.1 Å². The summed E-state index contributed by atoms with van der Waals surface area (Å²) in [6.45, 7) is 8.51. The van der Waals surface area contributed by atoms with Gasteiger partial charge in [-0.15, -0.1) is 0 Å². The zero-order valence-electron chi connectivity index (χ0n) is 14.9. The Morgan fingerprint density at radius 2 is 1.61 bits per heavy atom. The van der Waals surface area contributed by atoms with E-state index in [2.05, 4.69) is 26.8 Å². The number of rotatable bonds is 4. The number of benzene rings is 1. The van der Waals surface area contributed by atoms with Crippen LogP contribution in [0.1, 0.15) is 41.7 Å². The van der Waals surface area contributed by atoms with Gasteiger partial charge in [-0.2, -0.15) is 0 Å². The molecular formula is C19H26O4. The molecule has 0 aromatic heterocycles. The molecule has 0 saturated carbocycles. The molecule has 1 aliphatic carbocycles. The molecule has 1 aromatic carbocycles. The predicted octanol–water partition coefficient (Wildman–Crippen LogP) is 2.93. The molecule has 0 heterocycles. The summed E-state index contributed by atoms with van der Waals surface area (Å²) in [4.78, 5) is 24.7. The summed E-state index contributed by atoms with van der Waals surface area (Å²) in [7, 11) is 2.64. The van der Waals surface area contributed by atoms with Crippen molar-refractivity contribution in [1.82, 2.24) is 0 Å². The van der Waals surface area contributed by atoms with Crippen LogP contribution in [-0.2, 0) is 38.3 Å². The van der Waals surface area contributed by atoms with Gasteiger partial charge in [0.15, 0.2) is 5.41 Å². The van der Waals surface area contributed by atoms with Crippen molar-refractivity contribution >= 4 is 11.9 Å². The average molecular weight is 318 g/mol. The number of hydrogen-bond acceptors (Lipinski definition) is 4. The summed E-state index contributed by atoms with van der Waals surface area (Å²) in [5.74, 6) is -0.465. The predicted molar refractivity (Wildman–Crippen MR) is 88.3 cm³/mol. The highest BCUT2D eigenvalue weighted by Crippen LogP contribution is 2.43. The number of carbonyl (C=O) groups excluding carboxylic acids is 2. The quantitative estimate of drug-likeness (QED) is 0.633. The zero-order chi connectivity index (χ0) is 17.4. The fraction of sp³-hybridized carbons (Fsp3) is 0.579. The van der Waals surface area contributed by atoms with Crippen LogP contribution < -0.4 is 0 Å². The van der Waals surface area contributed by atoms with Crippen molar-refractivity contribution < 1.29 is 19.1 Å². The Bertz CT molecular complexity index is 627. The minimum Gasteiger partial charge on any atom is -0.468 e. The molecule has 0 unspecified atom stereocenters. The Morgan fingerprint density at radius 3 is 2.09 bits per heavy atom. The van der Waals surface area contributed by atoms with Crippen LogP contribution in [0.25, 0.3) is 0 Å². The second-order valence-electron chi connectivity index (χ2n) is 6.95. The minimum atomic E-state index is -1.24. The molecule has 2 rings (SSSR count). The van der Waals surface area contributed by atoms with Gasteiger partial charge >= 0.3 is 11.9 Å². The minimum absolute atomic E-state index is 0.357. The molecule has 1 aromatic rings. The smallest absolute Gasteiger partial charge is 0.323 e. The van der Waals surface area contributed by atoms with Gasteiger partial charge in [-0.25, -0.2) is 0 Å². The third-order valence-electron chi connectivity index (χ3n) is 4.90. The van der Waals surface area contributed by atoms with Gasteiger partial charge in [0.2, 0.25) is 0 Å². The van der Waals surface area contributed by atoms with Crippen LogP contribution in [0.4, 0.5) is 0 Å². The van der Waals surface area contributed by atoms with Crippen LogP contribution in [-0.4, -0.2) is 26.2 Å². The van der Waals surface area contributed by atoms with Crippen LogP contribution >= 0.6 is 0 Å². The largest absolute Gasteiger partial charge is 0.468 e. The molecule has 4 nitrogen and oxygen atoms in total. The molecule has 0 N–H and O–H groups in total. The lowest BCUT2D eigenvalue weighted by Gasteiger charge is -2.22. The van der Waals surface area contributed by atoms with Gasteiger partial charge in [-0.05, 0) is 54.0 Å². The van der Waals surface area contributed by atoms with Gasteiger partial charge < -0.3 is 9.47 Å². The maximum Gasteiger partial charge on any atom is 0.323 e. The van der Waals surface area contributed by atoms with E-state index in [-0.39, 0.29) is 0 Å². The van der Waals surface area contributed by atoms with E-state index < -0.39 is 17.4 Å². The maximum absolute atomic E-state index is 12.4. The van der Waals surface area contributed by atoms with Crippen molar-refractivity contribution in [2.75, 3.05) is 14.2 Å². The molecule has 0 radical (unpaired) electrons. The third kappa shape index (κ3) is 2.87. The van der Waals surface area contributed by atoms with Crippen molar-refractivity contribution in [3.8, 4) is 0 Å². The molecule has 0 aliphatic heterocycles. The van der Waals surface area contributed by atoms with Crippen molar-refractivity contribution in [2.24, 2.45) is 11.3 Å². The molecule has 4 heteroatoms. The molecule has 0 fully saturated rings. The Morgan fingerprint density at radius 1 is 1.09 bits per heavy atom. The topological polar surface area (TPSA) is 52.6 Å². The molecule has 0 bridgehead atoms. The fourth-order valence-corrected chi connectivity index (χ4v) is 3.68. The highest BCUT2D eigenvalue weighted by atomic mass is 16.5. The lowest BCUT2D eigenvalue weighted by molar-refractivity contribution is -0.168.